The molecule has 0 bridgehead atoms. The molecule has 0 radical (unpaired) electrons. The lowest BCUT2D eigenvalue weighted by molar-refractivity contribution is -0.137. The molecule has 0 aromatic rings. The number of hydrogen-bond donors (Lipinski definition) is 6. The highest BCUT2D eigenvalue weighted by Crippen LogP contribution is 2.45. The van der Waals surface area contributed by atoms with Gasteiger partial charge in [-0.1, -0.05) is 202 Å². The summed E-state index contributed by atoms with van der Waals surface area (Å²) < 4.78 is 144. The highest BCUT2D eigenvalue weighted by molar-refractivity contribution is 7.89. The van der Waals surface area contributed by atoms with E-state index in [-0.39, 0.29) is 194 Å². The molecule has 4 aliphatic rings. The minimum Gasteiger partial charge on any atom is -0.481 e. The normalized spacial score (nSPS) is 27.1. The predicted molar refractivity (Wildman–Crippen MR) is 514 cm³/mol. The molecule has 4 rings (SSSR count). The summed E-state index contributed by atoms with van der Waals surface area (Å²) in [6, 6.07) is 0. The van der Waals surface area contributed by atoms with Crippen LogP contribution in [0.3, 0.4) is 0 Å². The first-order valence-electron chi connectivity index (χ1n) is 45.1. The zero-order chi connectivity index (χ0) is 91.6. The van der Waals surface area contributed by atoms with Crippen LogP contribution in [-0.4, -0.2) is 154 Å². The van der Waals surface area contributed by atoms with Crippen molar-refractivity contribution >= 4 is 128 Å². The first-order valence-corrected chi connectivity index (χ1v) is 49.8. The number of carbonyl (C=O) groups excluding carboxylic acids is 3. The van der Waals surface area contributed by atoms with Crippen LogP contribution in [0.2, 0.25) is 0 Å². The second kappa shape index (κ2) is 72.2. The summed E-state index contributed by atoms with van der Waals surface area (Å²) in [7, 11) is -1.78. The summed E-state index contributed by atoms with van der Waals surface area (Å²) in [5.41, 5.74) is 0. The third kappa shape index (κ3) is 53.8. The number of carboxylic acid groups (broad SMARTS) is 1. The number of hydrogen-bond acceptors (Lipinski definition) is 20. The van der Waals surface area contributed by atoms with Gasteiger partial charge < -0.3 is 65.9 Å². The van der Waals surface area contributed by atoms with Crippen molar-refractivity contribution in [1.82, 2.24) is 9.44 Å². The molecule has 0 aromatic carbocycles. The number of aliphatic hydroxyl groups excluding tert-OH is 3. The van der Waals surface area contributed by atoms with Crippen LogP contribution in [0.25, 0.3) is 0 Å². The zero-order valence-corrected chi connectivity index (χ0v) is 82.0. The number of ketones is 1. The second-order valence-corrected chi connectivity index (χ2v) is 36.9. The number of nitrogens with one attached hydrogen (secondary N) is 2. The van der Waals surface area contributed by atoms with Gasteiger partial charge in [-0.3, -0.25) is 28.5 Å². The Morgan fingerprint density at radius 2 is 0.746 bits per heavy atom. The summed E-state index contributed by atoms with van der Waals surface area (Å²) in [6.45, 7) is 10.3. The van der Waals surface area contributed by atoms with Crippen LogP contribution < -0.4 is 9.44 Å². The van der Waals surface area contributed by atoms with E-state index in [1.165, 1.54) is 6.42 Å². The maximum Gasteiger partial charge on any atom is 0.303 e. The van der Waals surface area contributed by atoms with Gasteiger partial charge in [-0.25, -0.2) is 16.8 Å². The fourth-order valence-corrected chi connectivity index (χ4v) is 18.5. The van der Waals surface area contributed by atoms with Gasteiger partial charge in [-0.2, -0.15) is 0 Å². The fraction of sp³-hybridized carbons (Fsp3) is 0.759. The number of carbonyl (C=O) groups is 4. The SMILES string of the molecule is CCCCC[C@H](O)/C=C/[C@@H]1[C@@H](C/C=C\CCCC(=O)NS(C)(=O)=O)[C@@H](O)C[C@H]1O.F.[3HH].[3HH].[3HH].[3HH].[3H]PO[C@H](/C=C/[C@@H]1[C@@H](C/C=C\CCCC(=O)NS(C)(=O)=O)[C@@H](OP)C[C@H]1OP[3H])CCCCC.[3H]PO[C@H](/C=C/[C@@H]1[C@@H](C/C=C\CCCC(=O)O)[C@@H](OP)C[C@H]1OP[3H])CCCCC.[3H]PO[C@H](/C=C/[C@@H]1[C@@H](C/C=C\CCCC(C)=O)[C@@H](OP)C[C@H]1OP[3H])CCCCC. The van der Waals surface area contributed by atoms with Crippen molar-refractivity contribution in [1.29, 1.82) is 7.67 Å². The van der Waals surface area contributed by atoms with Crippen LogP contribution in [0, 0.1) is 47.3 Å². The molecule has 6 N–H and O–H groups in total. The van der Waals surface area contributed by atoms with E-state index < -0.39 is 56.1 Å². The average Bonchev–Trinajstić information content (AvgIpc) is 1.68. The third-order valence-corrected chi connectivity index (χ3v) is 25.7. The Balaban J connectivity index is -0.000000519. The zero-order valence-electron chi connectivity index (χ0n) is 76.9. The lowest BCUT2D eigenvalue weighted by Crippen LogP contribution is -2.28. The van der Waals surface area contributed by atoms with Gasteiger partial charge in [0.2, 0.25) is 31.9 Å². The van der Waals surface area contributed by atoms with Gasteiger partial charge in [0.25, 0.3) is 0 Å². The highest BCUT2D eigenvalue weighted by Gasteiger charge is 2.45. The van der Waals surface area contributed by atoms with Crippen molar-refractivity contribution in [2.75, 3.05) is 12.5 Å². The number of sulfonamides is 2. The number of carboxylic acids is 1. The highest BCUT2D eigenvalue weighted by atomic mass is 32.2. The number of aliphatic hydroxyl groups is 3. The van der Waals surface area contributed by atoms with Crippen molar-refractivity contribution < 1.29 is 108 Å². The van der Waals surface area contributed by atoms with E-state index in [1.807, 2.05) is 45.9 Å². The Bertz CT molecular complexity index is 3200. The van der Waals surface area contributed by atoms with Crippen LogP contribution in [0.1, 0.15) is 271 Å². The monoisotopic (exact) mass is 1900 g/mol. The third-order valence-electron chi connectivity index (χ3n) is 21.6. The quantitative estimate of drug-likeness (QED) is 0.0187. The first-order chi connectivity index (χ1) is 59.0. The minimum atomic E-state index is -3.51. The van der Waals surface area contributed by atoms with E-state index in [9.17, 15) is 51.3 Å². The number of amides is 2. The Hall–Kier alpha value is -0.780. The van der Waals surface area contributed by atoms with E-state index in [0.717, 1.165) is 154 Å². The Kier molecular flexibility index (Phi) is 64.8. The van der Waals surface area contributed by atoms with Crippen LogP contribution in [0.4, 0.5) is 4.70 Å². The van der Waals surface area contributed by atoms with Crippen LogP contribution >= 0.6 is 84.9 Å². The molecule has 35 heteroatoms. The topological polar surface area (TPSA) is 325 Å². The minimum absolute atomic E-state index is 0. The van der Waals surface area contributed by atoms with Crippen molar-refractivity contribution in [3.63, 3.8) is 0 Å². The number of allylic oxidation sites excluding steroid dienone is 8. The maximum atomic E-state index is 11.6. The standard InChI is InChI=1S/C21H40NO6P3S.C21H37NO6S.C21H39O4P3.C20H37O5P3.FH.4H2/c1-3-4-7-10-16(26-29)13-14-18-17(19(27-30)15-20(18)28-31)11-8-5-6-9-12-21(23)22-32(2,24)25;1-3-4-7-10-16(23)13-14-18-17(19(24)15-20(18)25)11-8-5-6-9-12-21(26)22-29(2,27)28;1-3-4-7-11-17(23-26)13-14-19-18(20(24-27)15-21(19)25-28)12-9-6-5-8-10-16(2)22;1-2-3-6-9-15(23-26)12-13-17-16(18(24-27)14-19(17)25-28)10-7-4-5-8-11-20(21)22;;;;;/h5,8,13-14,16-20H,3-4,6-7,9-12,15,29-31H2,1-2H3,(H,22,23);5,8,13-14,16-20,23-25H,3-4,6-7,9-12,15H2,1-2H3,(H,22,26);6,9,13-14,17-21H,3-5,7-8,10-12,15,26-28H2,1-2H3;4,7,12-13,15-19H,2-3,5-6,8-11,14,26-28H2,1H3,(H,21,22);5*1H/b2*8-5-,14-13+;9-6-,14-13+;7-4-,13-12+;;;;;/t2*16-,17+,18+,19-,20+;17-,18+,19+,20-,21+;15-,16+,17+,18-,19+;;;;;/m0000...../s1/i29T,31T;;2*26T,28T;;4*1+2/t16-,17+,18+,19-,20+,29?,31?;;17-,18+,19+,20-,21+,26?,28?;15-,16+,17+,18-,19+,26?,28?;;;;;. The smallest absolute Gasteiger partial charge is 0.303 e. The van der Waals surface area contributed by atoms with Crippen molar-refractivity contribution in [3.8, 4) is 0 Å². The van der Waals surface area contributed by atoms with Crippen LogP contribution in [0.5, 0.6) is 0 Å². The largest absolute Gasteiger partial charge is 0.481 e. The van der Waals surface area contributed by atoms with Crippen LogP contribution in [0.15, 0.2) is 97.2 Å². The Morgan fingerprint density at radius 3 is 1.05 bits per heavy atom. The van der Waals surface area contributed by atoms with Gasteiger partial charge in [0.1, 0.15) is 5.78 Å². The molecule has 4 fully saturated rings. The molecule has 118 heavy (non-hydrogen) atoms. The summed E-state index contributed by atoms with van der Waals surface area (Å²) >= 11 is 0. The molecular weight excluding hydrogens is 1720 g/mol. The summed E-state index contributed by atoms with van der Waals surface area (Å²) in [5, 5.41) is 39.3. The summed E-state index contributed by atoms with van der Waals surface area (Å²) in [4.78, 5) is 44.7. The molecule has 0 spiro atoms. The molecule has 0 aliphatic heterocycles. The lowest BCUT2D eigenvalue weighted by Gasteiger charge is -2.22. The van der Waals surface area contributed by atoms with Gasteiger partial charge in [-0.15, -0.1) is 0 Å². The molecule has 0 saturated heterocycles. The van der Waals surface area contributed by atoms with Gasteiger partial charge >= 0.3 is 5.97 Å². The van der Waals surface area contributed by atoms with E-state index in [0.29, 0.717) is 64.2 Å². The maximum absolute atomic E-state index is 11.6. The number of Topliss-reactive ketones (excluding diaryl/α,β-unsaturated/α-hetero) is 1. The number of aliphatic carboxylic acids is 1. The summed E-state index contributed by atoms with van der Waals surface area (Å²) in [5.74, 6) is -0.873. The fourth-order valence-electron chi connectivity index (χ4n) is 15.2. The molecule has 29 atom stereocenters. The van der Waals surface area contributed by atoms with E-state index in [1.54, 1.807) is 13.0 Å². The van der Waals surface area contributed by atoms with E-state index >= 15 is 0 Å². The molecule has 0 heterocycles. The molecule has 4 aliphatic carbocycles. The van der Waals surface area contributed by atoms with Crippen molar-refractivity contribution in [2.24, 2.45) is 47.3 Å². The number of unbranched alkanes of at least 4 members (excludes halogenated alkanes) is 12. The Morgan fingerprint density at radius 1 is 0.424 bits per heavy atom. The van der Waals surface area contributed by atoms with Gasteiger partial charge in [-0.05, 0) is 133 Å². The van der Waals surface area contributed by atoms with Gasteiger partial charge in [0.15, 0.2) is 0 Å². The molecule has 4 saturated carbocycles. The molecule has 23 nitrogen and oxygen atoms in total. The lowest BCUT2D eigenvalue weighted by atomic mass is 9.89. The van der Waals surface area contributed by atoms with Gasteiger partial charge in [0, 0.05) is 166 Å². The first kappa shape index (κ1) is 106. The number of rotatable bonds is 65. The molecule has 2 amide bonds. The molecule has 694 valence electrons. The molecular formula is C83H162FN2O21P9S2. The van der Waals surface area contributed by atoms with Crippen LogP contribution in [-0.2, 0) is 79.9 Å². The molecule has 9 unspecified atom stereocenters. The summed E-state index contributed by atoms with van der Waals surface area (Å²) in [6.07, 6.45) is 61.4. The number of halogens is 1. The molecule has 0 aromatic heterocycles. The van der Waals surface area contributed by atoms with Crippen molar-refractivity contribution in [3.05, 3.63) is 97.2 Å². The van der Waals surface area contributed by atoms with E-state index in [4.69, 9.17) is 53.5 Å². The van der Waals surface area contributed by atoms with E-state index in [2.05, 4.69) is 111 Å². The predicted octanol–water partition coefficient (Wildman–Crippen LogP) is 19.1. The van der Waals surface area contributed by atoms with Gasteiger partial charge in [0.05, 0.1) is 93.4 Å². The van der Waals surface area contributed by atoms with Crippen molar-refractivity contribution in [2.45, 2.75) is 339 Å². The average molecular weight is 1910 g/mol. The second-order valence-electron chi connectivity index (χ2n) is 31.2. The Labute approximate surface area is 745 Å².